The van der Waals surface area contributed by atoms with Crippen molar-refractivity contribution in [1.29, 1.82) is 0 Å². The first-order valence-electron chi connectivity index (χ1n) is 9.30. The van der Waals surface area contributed by atoms with Crippen LogP contribution in [0.25, 0.3) is 6.08 Å². The number of methoxy groups -OCH3 is 1. The van der Waals surface area contributed by atoms with E-state index in [9.17, 15) is 14.7 Å². The monoisotopic (exact) mass is 419 g/mol. The Bertz CT molecular complexity index is 1110. The zero-order valence-electron chi connectivity index (χ0n) is 17.0. The van der Waals surface area contributed by atoms with Gasteiger partial charge in [0, 0.05) is 31.1 Å². The summed E-state index contributed by atoms with van der Waals surface area (Å²) in [4.78, 5) is 27.8. The van der Waals surface area contributed by atoms with Gasteiger partial charge in [-0.05, 0) is 54.1 Å². The molecule has 0 saturated heterocycles. The van der Waals surface area contributed by atoms with Gasteiger partial charge in [0.05, 0.1) is 7.11 Å². The fraction of sp³-hybridized carbons (Fsp3) is 0.0870. The van der Waals surface area contributed by atoms with Crippen molar-refractivity contribution in [2.45, 2.75) is 0 Å². The number of phenols is 1. The maximum absolute atomic E-state index is 12.1. The molecule has 0 atom stereocenters. The minimum atomic E-state index is -0.326. The van der Waals surface area contributed by atoms with Crippen LogP contribution in [-0.2, 0) is 4.79 Å². The summed E-state index contributed by atoms with van der Waals surface area (Å²) in [6.07, 6.45) is 4.44. The third-order valence-electron chi connectivity index (χ3n) is 4.18. The van der Waals surface area contributed by atoms with Gasteiger partial charge in [-0.15, -0.1) is 0 Å². The van der Waals surface area contributed by atoms with E-state index < -0.39 is 0 Å². The van der Waals surface area contributed by atoms with Crippen LogP contribution in [0.4, 0.5) is 5.69 Å². The van der Waals surface area contributed by atoms with Crippen molar-refractivity contribution in [3.05, 3.63) is 78.1 Å². The first-order chi connectivity index (χ1) is 15.0. The highest BCUT2D eigenvalue weighted by Gasteiger charge is 2.07. The van der Waals surface area contributed by atoms with E-state index in [1.54, 1.807) is 48.5 Å². The molecule has 0 saturated carbocycles. The predicted molar refractivity (Wildman–Crippen MR) is 116 cm³/mol. The number of hydrogen-bond donors (Lipinski definition) is 3. The van der Waals surface area contributed by atoms with Crippen molar-refractivity contribution in [3.63, 3.8) is 0 Å². The van der Waals surface area contributed by atoms with Gasteiger partial charge in [0.2, 0.25) is 5.91 Å². The van der Waals surface area contributed by atoms with Crippen molar-refractivity contribution in [3.8, 4) is 23.0 Å². The van der Waals surface area contributed by atoms with Gasteiger partial charge in [-0.2, -0.15) is 0 Å². The van der Waals surface area contributed by atoms with Gasteiger partial charge in [0.1, 0.15) is 17.2 Å². The number of pyridine rings is 1. The van der Waals surface area contributed by atoms with Crippen LogP contribution >= 0.6 is 0 Å². The zero-order chi connectivity index (χ0) is 22.2. The number of aromatic nitrogens is 1. The van der Waals surface area contributed by atoms with E-state index in [-0.39, 0.29) is 23.3 Å². The molecule has 31 heavy (non-hydrogen) atoms. The minimum absolute atomic E-state index is 0.00251. The van der Waals surface area contributed by atoms with Gasteiger partial charge in [0.25, 0.3) is 5.91 Å². The molecule has 3 rings (SSSR count). The first kappa shape index (κ1) is 21.4. The third kappa shape index (κ3) is 5.83. The summed E-state index contributed by atoms with van der Waals surface area (Å²) in [5.74, 6) is 0.736. The number of rotatable bonds is 7. The molecule has 3 aromatic rings. The van der Waals surface area contributed by atoms with Crippen LogP contribution in [-0.4, -0.2) is 36.1 Å². The molecule has 0 fully saturated rings. The number of nitrogens with zero attached hydrogens (tertiary/aromatic N) is 1. The Morgan fingerprint density at radius 2 is 1.81 bits per heavy atom. The number of benzene rings is 2. The van der Waals surface area contributed by atoms with Gasteiger partial charge >= 0.3 is 0 Å². The molecule has 3 N–H and O–H groups in total. The lowest BCUT2D eigenvalue weighted by Crippen LogP contribution is -2.18. The van der Waals surface area contributed by atoms with Gasteiger partial charge in [-0.1, -0.05) is 6.07 Å². The van der Waals surface area contributed by atoms with Crippen LogP contribution in [0.5, 0.6) is 23.0 Å². The van der Waals surface area contributed by atoms with E-state index in [1.807, 2.05) is 0 Å². The summed E-state index contributed by atoms with van der Waals surface area (Å²) in [5.41, 5.74) is 1.49. The van der Waals surface area contributed by atoms with Gasteiger partial charge in [-0.3, -0.25) is 14.6 Å². The molecular weight excluding hydrogens is 398 g/mol. The number of aromatic hydroxyl groups is 1. The largest absolute Gasteiger partial charge is 0.504 e. The van der Waals surface area contributed by atoms with Crippen molar-refractivity contribution in [2.75, 3.05) is 19.5 Å². The number of nitrogens with one attached hydrogen (secondary N) is 2. The van der Waals surface area contributed by atoms with Crippen molar-refractivity contribution >= 4 is 23.6 Å². The summed E-state index contributed by atoms with van der Waals surface area (Å²) in [7, 11) is 2.99. The molecule has 8 heteroatoms. The number of phenolic OH excluding ortho intramolecular Hbond substituents is 1. The fourth-order valence-electron chi connectivity index (χ4n) is 2.64. The average Bonchev–Trinajstić information content (AvgIpc) is 2.79. The number of hydrogen-bond acceptors (Lipinski definition) is 6. The van der Waals surface area contributed by atoms with Gasteiger partial charge in [0.15, 0.2) is 11.5 Å². The normalized spacial score (nSPS) is 10.5. The average molecular weight is 419 g/mol. The second-order valence-corrected chi connectivity index (χ2v) is 6.34. The Labute approximate surface area is 179 Å². The lowest BCUT2D eigenvalue weighted by atomic mass is 10.2. The molecule has 2 aromatic carbocycles. The Kier molecular flexibility index (Phi) is 6.85. The number of ether oxygens (including phenoxy) is 2. The quantitative estimate of drug-likeness (QED) is 0.505. The number of carbonyl (C=O) groups excluding carboxylic acids is 2. The number of amides is 2. The molecule has 1 aromatic heterocycles. The molecule has 1 heterocycles. The molecule has 158 valence electrons. The maximum Gasteiger partial charge on any atom is 0.269 e. The maximum atomic E-state index is 12.1. The summed E-state index contributed by atoms with van der Waals surface area (Å²) in [5, 5.41) is 15.0. The van der Waals surface area contributed by atoms with E-state index in [4.69, 9.17) is 9.47 Å². The zero-order valence-corrected chi connectivity index (χ0v) is 17.0. The van der Waals surface area contributed by atoms with Crippen LogP contribution < -0.4 is 20.1 Å². The van der Waals surface area contributed by atoms with Crippen molar-refractivity contribution in [1.82, 2.24) is 10.3 Å². The van der Waals surface area contributed by atoms with E-state index in [1.165, 1.54) is 38.6 Å². The fourth-order valence-corrected chi connectivity index (χ4v) is 2.64. The summed E-state index contributed by atoms with van der Waals surface area (Å²) in [6.45, 7) is 0. The molecule has 2 amide bonds. The Morgan fingerprint density at radius 3 is 2.48 bits per heavy atom. The number of carbonyl (C=O) groups is 2. The third-order valence-corrected chi connectivity index (χ3v) is 4.18. The molecule has 0 aliphatic rings. The molecule has 0 unspecified atom stereocenters. The summed E-state index contributed by atoms with van der Waals surface area (Å²) >= 11 is 0. The standard InChI is InChI=1S/C23H21N3O5/c1-24-23(29)19-14-18(11-12-25-19)31-17-7-5-16(6-8-17)26-22(28)10-4-15-3-9-21(30-2)20(27)13-15/h3-14,27H,1-2H3,(H,24,29)(H,26,28)/b10-4+. The van der Waals surface area contributed by atoms with Crippen molar-refractivity contribution in [2.24, 2.45) is 0 Å². The predicted octanol–water partition coefficient (Wildman–Crippen LogP) is 3.60. The van der Waals surface area contributed by atoms with Crippen LogP contribution in [0.15, 0.2) is 66.9 Å². The van der Waals surface area contributed by atoms with Crippen LogP contribution in [0, 0.1) is 0 Å². The summed E-state index contributed by atoms with van der Waals surface area (Å²) < 4.78 is 10.7. The van der Waals surface area contributed by atoms with Crippen LogP contribution in [0.3, 0.4) is 0 Å². The molecule has 0 aliphatic heterocycles. The smallest absolute Gasteiger partial charge is 0.269 e. The SMILES string of the molecule is CNC(=O)c1cc(Oc2ccc(NC(=O)/C=C/c3ccc(OC)c(O)c3)cc2)ccn1. The topological polar surface area (TPSA) is 110 Å². The summed E-state index contributed by atoms with van der Waals surface area (Å²) in [6, 6.07) is 14.8. The molecule has 0 bridgehead atoms. The Balaban J connectivity index is 1.59. The van der Waals surface area contributed by atoms with E-state index in [0.29, 0.717) is 28.5 Å². The highest BCUT2D eigenvalue weighted by Crippen LogP contribution is 2.27. The molecule has 0 spiro atoms. The highest BCUT2D eigenvalue weighted by molar-refractivity contribution is 6.02. The van der Waals surface area contributed by atoms with Crippen LogP contribution in [0.1, 0.15) is 16.1 Å². The molecule has 0 radical (unpaired) electrons. The van der Waals surface area contributed by atoms with Gasteiger partial charge in [-0.25, -0.2) is 0 Å². The van der Waals surface area contributed by atoms with Gasteiger partial charge < -0.3 is 25.2 Å². The first-order valence-corrected chi connectivity index (χ1v) is 9.30. The second-order valence-electron chi connectivity index (χ2n) is 6.34. The molecule has 0 aliphatic carbocycles. The Morgan fingerprint density at radius 1 is 1.03 bits per heavy atom. The lowest BCUT2D eigenvalue weighted by molar-refractivity contribution is -0.111. The van der Waals surface area contributed by atoms with E-state index in [2.05, 4.69) is 15.6 Å². The number of anilines is 1. The molecular formula is C23H21N3O5. The second kappa shape index (κ2) is 9.93. The van der Waals surface area contributed by atoms with E-state index in [0.717, 1.165) is 0 Å². The highest BCUT2D eigenvalue weighted by atomic mass is 16.5. The van der Waals surface area contributed by atoms with Crippen LogP contribution in [0.2, 0.25) is 0 Å². The Hall–Kier alpha value is -4.33. The molecule has 8 nitrogen and oxygen atoms in total. The lowest BCUT2D eigenvalue weighted by Gasteiger charge is -2.08. The van der Waals surface area contributed by atoms with Crippen molar-refractivity contribution < 1.29 is 24.2 Å². The van der Waals surface area contributed by atoms with E-state index >= 15 is 0 Å². The minimum Gasteiger partial charge on any atom is -0.504 e.